The van der Waals surface area contributed by atoms with Crippen LogP contribution in [0.4, 0.5) is 24.8 Å². The van der Waals surface area contributed by atoms with Crippen molar-refractivity contribution in [2.24, 2.45) is 0 Å². The zero-order valence-electron chi connectivity index (χ0n) is 8.59. The van der Waals surface area contributed by atoms with E-state index in [2.05, 4.69) is 36.0 Å². The summed E-state index contributed by atoms with van der Waals surface area (Å²) in [5.41, 5.74) is 5.49. The first-order chi connectivity index (χ1) is 7.90. The van der Waals surface area contributed by atoms with Crippen LogP contribution in [0.5, 0.6) is 0 Å². The average molecular weight is 315 g/mol. The number of aromatic nitrogens is 2. The number of rotatable bonds is 5. The number of nitrogens with two attached hydrogens (primary N) is 1. The van der Waals surface area contributed by atoms with Gasteiger partial charge in [-0.1, -0.05) is 0 Å². The van der Waals surface area contributed by atoms with E-state index in [1.165, 1.54) is 6.33 Å². The summed E-state index contributed by atoms with van der Waals surface area (Å²) in [6.07, 6.45) is -3.06. The molecule has 0 aliphatic carbocycles. The van der Waals surface area contributed by atoms with Crippen molar-refractivity contribution in [3.8, 4) is 0 Å². The van der Waals surface area contributed by atoms with Gasteiger partial charge in [0.05, 0.1) is 6.61 Å². The molecule has 1 heterocycles. The van der Waals surface area contributed by atoms with Crippen molar-refractivity contribution in [1.82, 2.24) is 9.97 Å². The predicted octanol–water partition coefficient (Wildman–Crippen LogP) is 1.81. The van der Waals surface area contributed by atoms with Crippen molar-refractivity contribution in [3.63, 3.8) is 0 Å². The summed E-state index contributed by atoms with van der Waals surface area (Å²) < 4.78 is 40.1. The lowest BCUT2D eigenvalue weighted by Crippen LogP contribution is -2.20. The van der Waals surface area contributed by atoms with Gasteiger partial charge in [0.25, 0.3) is 0 Å². The largest absolute Gasteiger partial charge is 0.411 e. The Morgan fingerprint density at radius 2 is 2.12 bits per heavy atom. The fraction of sp³-hybridized carbons (Fsp3) is 0.500. The highest BCUT2D eigenvalue weighted by atomic mass is 79.9. The number of ether oxygens (including phenoxy) is 1. The molecule has 0 aliphatic heterocycles. The summed E-state index contributed by atoms with van der Waals surface area (Å²) in [7, 11) is 0. The lowest BCUT2D eigenvalue weighted by atomic mass is 10.5. The lowest BCUT2D eigenvalue weighted by Gasteiger charge is -2.10. The highest BCUT2D eigenvalue weighted by Crippen LogP contribution is 2.23. The fourth-order valence-corrected chi connectivity index (χ4v) is 1.28. The molecule has 17 heavy (non-hydrogen) atoms. The van der Waals surface area contributed by atoms with Crippen molar-refractivity contribution in [2.45, 2.75) is 6.18 Å². The Morgan fingerprint density at radius 3 is 2.76 bits per heavy atom. The summed E-state index contributed by atoms with van der Waals surface area (Å²) in [6.45, 7) is -1.16. The number of nitrogen functional groups attached to an aromatic ring is 1. The molecule has 0 saturated heterocycles. The maximum Gasteiger partial charge on any atom is 0.411 e. The van der Waals surface area contributed by atoms with Crippen LogP contribution < -0.4 is 11.1 Å². The summed E-state index contributed by atoms with van der Waals surface area (Å²) in [4.78, 5) is 7.57. The average Bonchev–Trinajstić information content (AvgIpc) is 2.22. The van der Waals surface area contributed by atoms with Crippen molar-refractivity contribution in [3.05, 3.63) is 10.8 Å². The molecule has 96 valence electrons. The van der Waals surface area contributed by atoms with E-state index in [-0.39, 0.29) is 19.0 Å². The maximum absolute atomic E-state index is 11.7. The monoisotopic (exact) mass is 314 g/mol. The molecule has 0 amide bonds. The summed E-state index contributed by atoms with van der Waals surface area (Å²) in [5.74, 6) is 0.659. The highest BCUT2D eigenvalue weighted by Gasteiger charge is 2.27. The van der Waals surface area contributed by atoms with Crippen LogP contribution in [-0.2, 0) is 4.74 Å². The molecule has 0 aliphatic rings. The topological polar surface area (TPSA) is 73.1 Å². The molecule has 0 fully saturated rings. The summed E-state index contributed by atoms with van der Waals surface area (Å²) in [5, 5.41) is 2.77. The van der Waals surface area contributed by atoms with Crippen LogP contribution in [0.25, 0.3) is 0 Å². The molecular formula is C8H10BrF3N4O. The SMILES string of the molecule is Nc1ncnc(NCCOCC(F)(F)F)c1Br. The van der Waals surface area contributed by atoms with E-state index in [1.807, 2.05) is 0 Å². The maximum atomic E-state index is 11.7. The summed E-state index contributed by atoms with van der Waals surface area (Å²) >= 11 is 3.15. The van der Waals surface area contributed by atoms with E-state index >= 15 is 0 Å². The zero-order valence-corrected chi connectivity index (χ0v) is 10.2. The van der Waals surface area contributed by atoms with E-state index in [9.17, 15) is 13.2 Å². The predicted molar refractivity (Wildman–Crippen MR) is 59.5 cm³/mol. The van der Waals surface area contributed by atoms with Gasteiger partial charge in [0, 0.05) is 6.54 Å². The van der Waals surface area contributed by atoms with Crippen molar-refractivity contribution >= 4 is 27.6 Å². The van der Waals surface area contributed by atoms with E-state index in [1.54, 1.807) is 0 Å². The Hall–Kier alpha value is -1.09. The van der Waals surface area contributed by atoms with E-state index in [0.717, 1.165) is 0 Å². The van der Waals surface area contributed by atoms with E-state index in [4.69, 9.17) is 5.73 Å². The molecule has 0 radical (unpaired) electrons. The number of alkyl halides is 3. The Kier molecular flexibility index (Phi) is 4.94. The van der Waals surface area contributed by atoms with Crippen LogP contribution in [0.1, 0.15) is 0 Å². The first-order valence-corrected chi connectivity index (χ1v) is 5.34. The van der Waals surface area contributed by atoms with Gasteiger partial charge in [-0.2, -0.15) is 13.2 Å². The third-order valence-electron chi connectivity index (χ3n) is 1.62. The van der Waals surface area contributed by atoms with Gasteiger partial charge in [-0.3, -0.25) is 0 Å². The minimum atomic E-state index is -4.31. The van der Waals surface area contributed by atoms with Gasteiger partial charge in [-0.15, -0.1) is 0 Å². The normalized spacial score (nSPS) is 11.5. The number of hydrogen-bond acceptors (Lipinski definition) is 5. The molecule has 5 nitrogen and oxygen atoms in total. The van der Waals surface area contributed by atoms with Gasteiger partial charge < -0.3 is 15.8 Å². The standard InChI is InChI=1S/C8H10BrF3N4O/c9-5-6(13)15-4-16-7(5)14-1-2-17-3-8(10,11)12/h4H,1-3H2,(H3,13,14,15,16). The van der Waals surface area contributed by atoms with Crippen LogP contribution in [-0.4, -0.2) is 35.9 Å². The minimum absolute atomic E-state index is 0.0874. The van der Waals surface area contributed by atoms with Crippen LogP contribution in [0.2, 0.25) is 0 Å². The highest BCUT2D eigenvalue weighted by molar-refractivity contribution is 9.10. The molecule has 0 atom stereocenters. The molecule has 0 unspecified atom stereocenters. The van der Waals surface area contributed by atoms with Gasteiger partial charge in [-0.05, 0) is 15.9 Å². The van der Waals surface area contributed by atoms with Gasteiger partial charge in [0.15, 0.2) is 0 Å². The Bertz CT molecular complexity index is 374. The molecule has 0 spiro atoms. The zero-order chi connectivity index (χ0) is 12.9. The fourth-order valence-electron chi connectivity index (χ4n) is 0.936. The lowest BCUT2D eigenvalue weighted by molar-refractivity contribution is -0.172. The molecular weight excluding hydrogens is 305 g/mol. The van der Waals surface area contributed by atoms with Gasteiger partial charge in [0.1, 0.15) is 29.0 Å². The second-order valence-electron chi connectivity index (χ2n) is 3.02. The van der Waals surface area contributed by atoms with Crippen LogP contribution in [0.3, 0.4) is 0 Å². The number of anilines is 2. The molecule has 1 aromatic heterocycles. The van der Waals surface area contributed by atoms with Crippen LogP contribution >= 0.6 is 15.9 Å². The number of hydrogen-bond donors (Lipinski definition) is 2. The first-order valence-electron chi connectivity index (χ1n) is 4.54. The van der Waals surface area contributed by atoms with Crippen molar-refractivity contribution in [1.29, 1.82) is 0 Å². The molecule has 0 aromatic carbocycles. The number of nitrogens with one attached hydrogen (secondary N) is 1. The third-order valence-corrected chi connectivity index (χ3v) is 2.40. The molecule has 1 rings (SSSR count). The number of nitrogens with zero attached hydrogens (tertiary/aromatic N) is 2. The Balaban J connectivity index is 2.29. The molecule has 0 saturated carbocycles. The Morgan fingerprint density at radius 1 is 1.41 bits per heavy atom. The second-order valence-corrected chi connectivity index (χ2v) is 3.81. The first kappa shape index (κ1) is 14.0. The van der Waals surface area contributed by atoms with Gasteiger partial charge >= 0.3 is 6.18 Å². The van der Waals surface area contributed by atoms with E-state index < -0.39 is 12.8 Å². The van der Waals surface area contributed by atoms with Crippen LogP contribution in [0, 0.1) is 0 Å². The van der Waals surface area contributed by atoms with Gasteiger partial charge in [0.2, 0.25) is 0 Å². The van der Waals surface area contributed by atoms with Crippen molar-refractivity contribution < 1.29 is 17.9 Å². The molecule has 1 aromatic rings. The number of halogens is 4. The summed E-state index contributed by atoms with van der Waals surface area (Å²) in [6, 6.07) is 0. The minimum Gasteiger partial charge on any atom is -0.383 e. The quantitative estimate of drug-likeness (QED) is 0.811. The van der Waals surface area contributed by atoms with Crippen molar-refractivity contribution in [2.75, 3.05) is 30.8 Å². The van der Waals surface area contributed by atoms with Gasteiger partial charge in [-0.25, -0.2) is 9.97 Å². The molecule has 3 N–H and O–H groups in total. The third kappa shape index (κ3) is 5.18. The van der Waals surface area contributed by atoms with Crippen LogP contribution in [0.15, 0.2) is 10.8 Å². The van der Waals surface area contributed by atoms with E-state index in [0.29, 0.717) is 10.3 Å². The smallest absolute Gasteiger partial charge is 0.383 e. The second kappa shape index (κ2) is 6.01. The Labute approximate surface area is 104 Å². The molecule has 0 bridgehead atoms. The molecule has 9 heteroatoms.